The van der Waals surface area contributed by atoms with E-state index in [1.165, 1.54) is 11.6 Å². The van der Waals surface area contributed by atoms with Crippen LogP contribution in [0.3, 0.4) is 0 Å². The van der Waals surface area contributed by atoms with Gasteiger partial charge in [0.2, 0.25) is 5.82 Å². The van der Waals surface area contributed by atoms with Crippen LogP contribution in [0.25, 0.3) is 22.5 Å². The number of anilines is 3. The third kappa shape index (κ3) is 10.6. The lowest BCUT2D eigenvalue weighted by molar-refractivity contribution is -0.384. The Labute approximate surface area is 303 Å². The summed E-state index contributed by atoms with van der Waals surface area (Å²) < 4.78 is 11.0. The van der Waals surface area contributed by atoms with Crippen molar-refractivity contribution in [3.63, 3.8) is 0 Å². The highest BCUT2D eigenvalue weighted by molar-refractivity contribution is 5.74. The molecule has 0 saturated heterocycles. The normalized spacial score (nSPS) is 12.4. The van der Waals surface area contributed by atoms with Crippen LogP contribution in [0.15, 0.2) is 60.7 Å². The van der Waals surface area contributed by atoms with Crippen molar-refractivity contribution in [2.75, 3.05) is 37.2 Å². The summed E-state index contributed by atoms with van der Waals surface area (Å²) in [5.41, 5.74) is 12.2. The van der Waals surface area contributed by atoms with Crippen LogP contribution in [0.4, 0.5) is 23.0 Å². The molecule has 5 N–H and O–H groups in total. The monoisotopic (exact) mass is 700 g/mol. The Morgan fingerprint density at radius 3 is 1.63 bits per heavy atom. The van der Waals surface area contributed by atoms with E-state index in [2.05, 4.69) is 76.2 Å². The number of hydrogen-bond acceptors (Lipinski definition) is 10. The maximum Gasteiger partial charge on any atom is 0.311 e. The van der Waals surface area contributed by atoms with Crippen LogP contribution in [0.2, 0.25) is 0 Å². The average Bonchev–Trinajstić information content (AvgIpc) is 3.10. The smallest absolute Gasteiger partial charge is 0.311 e. The molecule has 0 amide bonds. The number of pyridine rings is 2. The number of nitrogens with zero attached hydrogens (tertiary/aromatic N) is 3. The van der Waals surface area contributed by atoms with Gasteiger partial charge in [-0.15, -0.1) is 0 Å². The Morgan fingerprint density at radius 1 is 0.725 bits per heavy atom. The number of nitrogens with two attached hydrogens (primary N) is 1. The fraction of sp³-hybridized carbons (Fsp3) is 0.450. The summed E-state index contributed by atoms with van der Waals surface area (Å²) in [6.45, 7) is 18.7. The van der Waals surface area contributed by atoms with Crippen LogP contribution >= 0.6 is 0 Å². The molecular weight excluding hydrogens is 644 g/mol. The summed E-state index contributed by atoms with van der Waals surface area (Å²) in [4.78, 5) is 20.2. The highest BCUT2D eigenvalue weighted by Gasteiger charge is 2.22. The van der Waals surface area contributed by atoms with E-state index in [1.807, 2.05) is 50.2 Å². The van der Waals surface area contributed by atoms with Crippen LogP contribution < -0.4 is 25.8 Å². The van der Waals surface area contributed by atoms with Crippen molar-refractivity contribution in [3.8, 4) is 34.0 Å². The average molecular weight is 701 g/mol. The molecule has 51 heavy (non-hydrogen) atoms. The molecule has 11 nitrogen and oxygen atoms in total. The number of aliphatic hydroxyl groups excluding tert-OH is 1. The molecule has 2 heterocycles. The predicted molar refractivity (Wildman–Crippen MR) is 209 cm³/mol. The fourth-order valence-corrected chi connectivity index (χ4v) is 5.14. The van der Waals surface area contributed by atoms with Crippen molar-refractivity contribution < 1.29 is 19.5 Å². The number of ether oxygens (including phenoxy) is 2. The van der Waals surface area contributed by atoms with Crippen molar-refractivity contribution in [2.24, 2.45) is 11.8 Å². The molecule has 0 fully saturated rings. The zero-order valence-electron chi connectivity index (χ0n) is 31.9. The van der Waals surface area contributed by atoms with Gasteiger partial charge in [0.15, 0.2) is 0 Å². The first-order valence-corrected chi connectivity index (χ1v) is 17.5. The second kappa shape index (κ2) is 18.4. The Kier molecular flexibility index (Phi) is 14.6. The lowest BCUT2D eigenvalue weighted by Gasteiger charge is -2.21. The van der Waals surface area contributed by atoms with Crippen molar-refractivity contribution >= 4 is 23.0 Å². The third-order valence-electron chi connectivity index (χ3n) is 9.02. The maximum atomic E-state index is 11.4. The van der Waals surface area contributed by atoms with Gasteiger partial charge in [0.05, 0.1) is 48.9 Å². The number of aromatic nitrogens is 2. The van der Waals surface area contributed by atoms with Gasteiger partial charge in [-0.2, -0.15) is 0 Å². The molecule has 4 rings (SSSR count). The molecule has 2 aromatic heterocycles. The van der Waals surface area contributed by atoms with E-state index in [1.54, 1.807) is 20.3 Å². The van der Waals surface area contributed by atoms with Gasteiger partial charge in [-0.1, -0.05) is 67.5 Å². The molecule has 0 aliphatic heterocycles. The van der Waals surface area contributed by atoms with Crippen LogP contribution in [0.1, 0.15) is 85.3 Å². The number of benzene rings is 2. The van der Waals surface area contributed by atoms with Crippen molar-refractivity contribution in [2.45, 2.75) is 86.2 Å². The first kappa shape index (κ1) is 40.5. The number of nitrogens with one attached hydrogen (secondary N) is 2. The summed E-state index contributed by atoms with van der Waals surface area (Å²) in [5.74, 6) is 3.68. The lowest BCUT2D eigenvalue weighted by Crippen LogP contribution is -2.30. The maximum absolute atomic E-state index is 11.4. The number of hydrogen-bond donors (Lipinski definition) is 4. The minimum Gasteiger partial charge on any atom is -0.496 e. The molecule has 276 valence electrons. The van der Waals surface area contributed by atoms with E-state index in [0.717, 1.165) is 34.0 Å². The molecule has 0 radical (unpaired) electrons. The summed E-state index contributed by atoms with van der Waals surface area (Å²) >= 11 is 0. The van der Waals surface area contributed by atoms with Crippen molar-refractivity contribution in [1.82, 2.24) is 9.97 Å². The molecule has 0 bridgehead atoms. The van der Waals surface area contributed by atoms with E-state index >= 15 is 0 Å². The Hall–Kier alpha value is -4.90. The van der Waals surface area contributed by atoms with E-state index in [4.69, 9.17) is 20.2 Å². The van der Waals surface area contributed by atoms with Crippen molar-refractivity contribution in [3.05, 3.63) is 81.9 Å². The molecule has 0 aliphatic rings. The number of nitrogen functional groups attached to an aromatic ring is 1. The standard InChI is InChI=1S/C20H27N3O4.C20H29N3O/c1-12(2)14-6-9-19(27-5)15(10-14)16-7-8-18(23(25)26)20(21-16)22-17(11-24)13(3)4;1-12(2)14(5)22-20-17(21)8-9-18(23-20)16-11-15(13(3)4)7-10-19(16)24-6/h6-10,12-13,17,24H,11H2,1-5H3,(H,21,22);7-14H,21H2,1-6H3,(H,22,23)/t17-;14-/m10/s1. The first-order valence-electron chi connectivity index (χ1n) is 17.5. The highest BCUT2D eigenvalue weighted by Crippen LogP contribution is 2.36. The Bertz CT molecular complexity index is 1760. The van der Waals surface area contributed by atoms with E-state index in [-0.39, 0.29) is 30.1 Å². The molecule has 0 spiro atoms. The van der Waals surface area contributed by atoms with E-state index in [9.17, 15) is 15.2 Å². The number of methoxy groups -OCH3 is 2. The van der Waals surface area contributed by atoms with Gasteiger partial charge in [0, 0.05) is 23.2 Å². The second-order valence-electron chi connectivity index (χ2n) is 14.0. The fourth-order valence-electron chi connectivity index (χ4n) is 5.14. The topological polar surface area (TPSA) is 158 Å². The minimum absolute atomic E-state index is 0.0823. The van der Waals surface area contributed by atoms with Crippen molar-refractivity contribution in [1.29, 1.82) is 0 Å². The van der Waals surface area contributed by atoms with Crippen LogP contribution in [-0.4, -0.2) is 52.9 Å². The minimum atomic E-state index is -0.477. The SMILES string of the molecule is COc1ccc(C(C)C)cc1-c1ccc(N)c(N[C@@H](C)C(C)C)n1.COc1ccc(C(C)C)cc1-c1ccc([N+](=O)[O-])c(N[C@H](CO)C(C)C)n1. The molecule has 11 heteroatoms. The molecular formula is C40H56N6O5. The lowest BCUT2D eigenvalue weighted by atomic mass is 9.98. The summed E-state index contributed by atoms with van der Waals surface area (Å²) in [6.07, 6.45) is 0. The molecule has 0 unspecified atom stereocenters. The van der Waals surface area contributed by atoms with Crippen LogP contribution in [0, 0.1) is 22.0 Å². The number of nitro groups is 1. The van der Waals surface area contributed by atoms with Gasteiger partial charge < -0.3 is 30.9 Å². The summed E-state index contributed by atoms with van der Waals surface area (Å²) in [7, 11) is 3.27. The quantitative estimate of drug-likeness (QED) is 0.0738. The number of rotatable bonds is 14. The van der Waals surface area contributed by atoms with Gasteiger partial charge in [-0.25, -0.2) is 9.97 Å². The van der Waals surface area contributed by atoms with Gasteiger partial charge in [0.25, 0.3) is 0 Å². The van der Waals surface area contributed by atoms with Gasteiger partial charge in [-0.05, 0) is 84.2 Å². The van der Waals surface area contributed by atoms with Crippen LogP contribution in [-0.2, 0) is 0 Å². The van der Waals surface area contributed by atoms with E-state index < -0.39 is 4.92 Å². The molecule has 2 aromatic carbocycles. The predicted octanol–water partition coefficient (Wildman–Crippen LogP) is 9.14. The molecule has 4 aromatic rings. The Morgan fingerprint density at radius 2 is 1.22 bits per heavy atom. The third-order valence-corrected chi connectivity index (χ3v) is 9.02. The van der Waals surface area contributed by atoms with Gasteiger partial charge in [-0.3, -0.25) is 10.1 Å². The zero-order valence-corrected chi connectivity index (χ0v) is 31.9. The molecule has 0 aliphatic carbocycles. The van der Waals surface area contributed by atoms with Gasteiger partial charge in [0.1, 0.15) is 17.3 Å². The summed E-state index contributed by atoms with van der Waals surface area (Å²) in [5, 5.41) is 27.4. The summed E-state index contributed by atoms with van der Waals surface area (Å²) in [6, 6.07) is 19.0. The number of aliphatic hydroxyl groups is 1. The molecule has 0 saturated carbocycles. The van der Waals surface area contributed by atoms with Crippen LogP contribution in [0.5, 0.6) is 11.5 Å². The highest BCUT2D eigenvalue weighted by atomic mass is 16.6. The second-order valence-corrected chi connectivity index (χ2v) is 14.0. The first-order chi connectivity index (χ1) is 24.1. The zero-order chi connectivity index (χ0) is 38.0. The molecule has 2 atom stereocenters. The van der Waals surface area contributed by atoms with E-state index in [0.29, 0.717) is 40.9 Å². The largest absolute Gasteiger partial charge is 0.496 e. The Balaban J connectivity index is 0.000000277. The van der Waals surface area contributed by atoms with Gasteiger partial charge >= 0.3 is 5.69 Å².